The van der Waals surface area contributed by atoms with Crippen LogP contribution in [0.1, 0.15) is 26.2 Å². The fourth-order valence-corrected chi connectivity index (χ4v) is 2.04. The van der Waals surface area contributed by atoms with Crippen LogP contribution in [0, 0.1) is 0 Å². The molecule has 1 aliphatic heterocycles. The highest BCUT2D eigenvalue weighted by molar-refractivity contribution is 8.03. The Morgan fingerprint density at radius 1 is 1.54 bits per heavy atom. The number of hydrogen-bond donors (Lipinski definition) is 1. The molecular weight excluding hydrogens is 178 g/mol. The van der Waals surface area contributed by atoms with E-state index in [1.165, 1.54) is 0 Å². The van der Waals surface area contributed by atoms with Gasteiger partial charge in [0.2, 0.25) is 0 Å². The lowest BCUT2D eigenvalue weighted by Gasteiger charge is -2.22. The second-order valence-electron chi connectivity index (χ2n) is 3.33. The van der Waals surface area contributed by atoms with Gasteiger partial charge in [-0.15, -0.1) is 18.3 Å². The van der Waals surface area contributed by atoms with Crippen LogP contribution >= 0.6 is 11.8 Å². The van der Waals surface area contributed by atoms with Crippen molar-refractivity contribution in [3.63, 3.8) is 0 Å². The topological polar surface area (TPSA) is 12.0 Å². The highest BCUT2D eigenvalue weighted by Gasteiger charge is 2.23. The number of rotatable bonds is 5. The fraction of sp³-hybridized carbons (Fsp3) is 0.455. The zero-order valence-electron chi connectivity index (χ0n) is 8.12. The molecule has 2 heteroatoms. The van der Waals surface area contributed by atoms with E-state index in [2.05, 4.69) is 36.4 Å². The predicted molar refractivity (Wildman–Crippen MR) is 61.5 cm³/mol. The predicted octanol–water partition coefficient (Wildman–Crippen LogP) is 3.42. The van der Waals surface area contributed by atoms with Crippen molar-refractivity contribution in [3.8, 4) is 0 Å². The van der Waals surface area contributed by atoms with Crippen molar-refractivity contribution in [3.05, 3.63) is 36.4 Å². The van der Waals surface area contributed by atoms with E-state index < -0.39 is 0 Å². The first-order valence-corrected chi connectivity index (χ1v) is 5.51. The molecule has 1 unspecified atom stereocenters. The van der Waals surface area contributed by atoms with Crippen LogP contribution in [-0.2, 0) is 0 Å². The maximum atomic E-state index is 3.67. The highest BCUT2D eigenvalue weighted by atomic mass is 32.2. The minimum atomic E-state index is 0.221. The second-order valence-corrected chi connectivity index (χ2v) is 4.74. The van der Waals surface area contributed by atoms with Gasteiger partial charge in [-0.3, -0.25) is 0 Å². The van der Waals surface area contributed by atoms with Gasteiger partial charge in [-0.05, 0) is 31.6 Å². The molecule has 0 radical (unpaired) electrons. The molecule has 0 aromatic carbocycles. The first kappa shape index (κ1) is 10.5. The fourth-order valence-electron chi connectivity index (χ4n) is 1.23. The number of nitrogens with one attached hydrogen (secondary N) is 1. The average molecular weight is 195 g/mol. The van der Waals surface area contributed by atoms with E-state index in [0.717, 1.165) is 19.3 Å². The molecule has 1 aliphatic rings. The second kappa shape index (κ2) is 5.18. The Labute approximate surface area is 85.0 Å². The molecule has 0 aromatic heterocycles. The van der Waals surface area contributed by atoms with Crippen LogP contribution in [0.2, 0.25) is 0 Å². The van der Waals surface area contributed by atoms with Gasteiger partial charge in [0, 0.05) is 6.20 Å². The Balaban J connectivity index is 2.15. The zero-order chi connectivity index (χ0) is 9.57. The Hall–Kier alpha value is -0.630. The summed E-state index contributed by atoms with van der Waals surface area (Å²) < 4.78 is 0. The molecule has 0 spiro atoms. The normalized spacial score (nSPS) is 26.5. The third-order valence-corrected chi connectivity index (χ3v) is 3.16. The molecule has 0 aromatic rings. The molecule has 0 saturated carbocycles. The van der Waals surface area contributed by atoms with Crippen LogP contribution < -0.4 is 5.32 Å². The van der Waals surface area contributed by atoms with Gasteiger partial charge in [-0.25, -0.2) is 0 Å². The van der Waals surface area contributed by atoms with Crippen LogP contribution in [0.15, 0.2) is 36.4 Å². The third-order valence-electron chi connectivity index (χ3n) is 2.04. The van der Waals surface area contributed by atoms with E-state index in [1.807, 2.05) is 24.0 Å². The molecule has 0 saturated heterocycles. The van der Waals surface area contributed by atoms with Crippen LogP contribution in [0.3, 0.4) is 0 Å². The lowest BCUT2D eigenvalue weighted by molar-refractivity contribution is 0.549. The third kappa shape index (κ3) is 3.73. The molecule has 0 fully saturated rings. The molecule has 0 bridgehead atoms. The molecule has 13 heavy (non-hydrogen) atoms. The van der Waals surface area contributed by atoms with E-state index in [4.69, 9.17) is 0 Å². The monoisotopic (exact) mass is 195 g/mol. The lowest BCUT2D eigenvalue weighted by atomic mass is 10.1. The molecule has 72 valence electrons. The van der Waals surface area contributed by atoms with Crippen molar-refractivity contribution in [2.75, 3.05) is 0 Å². The van der Waals surface area contributed by atoms with Crippen molar-refractivity contribution in [2.24, 2.45) is 0 Å². The van der Waals surface area contributed by atoms with Gasteiger partial charge < -0.3 is 5.32 Å². The van der Waals surface area contributed by atoms with E-state index in [-0.39, 0.29) is 4.87 Å². The van der Waals surface area contributed by atoms with Crippen molar-refractivity contribution in [2.45, 2.75) is 31.1 Å². The molecule has 1 atom stereocenters. The SMILES string of the molecule is C=CC/C=C/CCC1(C)NC=CS1. The minimum absolute atomic E-state index is 0.221. The van der Waals surface area contributed by atoms with E-state index in [9.17, 15) is 0 Å². The highest BCUT2D eigenvalue weighted by Crippen LogP contribution is 2.32. The van der Waals surface area contributed by atoms with Gasteiger partial charge in [0.25, 0.3) is 0 Å². The summed E-state index contributed by atoms with van der Waals surface area (Å²) >= 11 is 1.86. The first-order chi connectivity index (χ1) is 6.27. The smallest absolute Gasteiger partial charge is 0.0844 e. The standard InChI is InChI=1S/C11H17NS/c1-3-4-5-6-7-8-11(2)12-9-10-13-11/h3,5-6,9-10,12H,1,4,7-8H2,2H3/b6-5+. The van der Waals surface area contributed by atoms with Gasteiger partial charge in [0.05, 0.1) is 4.87 Å². The summed E-state index contributed by atoms with van der Waals surface area (Å²) in [7, 11) is 0. The summed E-state index contributed by atoms with van der Waals surface area (Å²) in [5, 5.41) is 5.47. The largest absolute Gasteiger partial charge is 0.376 e. The van der Waals surface area contributed by atoms with Crippen LogP contribution in [0.25, 0.3) is 0 Å². The quantitative estimate of drug-likeness (QED) is 0.675. The Kier molecular flexibility index (Phi) is 4.16. The summed E-state index contributed by atoms with van der Waals surface area (Å²) in [5.74, 6) is 0. The molecule has 0 aliphatic carbocycles. The van der Waals surface area contributed by atoms with Crippen molar-refractivity contribution in [1.82, 2.24) is 5.32 Å². The maximum Gasteiger partial charge on any atom is 0.0844 e. The average Bonchev–Trinajstić information content (AvgIpc) is 2.53. The summed E-state index contributed by atoms with van der Waals surface area (Å²) in [6, 6.07) is 0. The molecule has 1 nitrogen and oxygen atoms in total. The van der Waals surface area contributed by atoms with Gasteiger partial charge in [-0.1, -0.05) is 18.2 Å². The summed E-state index contributed by atoms with van der Waals surface area (Å²) in [6.07, 6.45) is 11.6. The molecule has 1 N–H and O–H groups in total. The first-order valence-electron chi connectivity index (χ1n) is 4.63. The van der Waals surface area contributed by atoms with Crippen LogP contribution in [0.5, 0.6) is 0 Å². The maximum absolute atomic E-state index is 3.67. The van der Waals surface area contributed by atoms with Gasteiger partial charge in [0.1, 0.15) is 0 Å². The van der Waals surface area contributed by atoms with Crippen molar-refractivity contribution in [1.29, 1.82) is 0 Å². The summed E-state index contributed by atoms with van der Waals surface area (Å²) in [5.41, 5.74) is 0. The van der Waals surface area contributed by atoms with Gasteiger partial charge in [0.15, 0.2) is 0 Å². The van der Waals surface area contributed by atoms with E-state index in [0.29, 0.717) is 0 Å². The zero-order valence-corrected chi connectivity index (χ0v) is 8.94. The van der Waals surface area contributed by atoms with Crippen LogP contribution in [0.4, 0.5) is 0 Å². The van der Waals surface area contributed by atoms with Crippen LogP contribution in [-0.4, -0.2) is 4.87 Å². The number of allylic oxidation sites excluding steroid dienone is 3. The molecule has 1 heterocycles. The lowest BCUT2D eigenvalue weighted by Crippen LogP contribution is -2.31. The van der Waals surface area contributed by atoms with E-state index >= 15 is 0 Å². The van der Waals surface area contributed by atoms with Gasteiger partial charge >= 0.3 is 0 Å². The minimum Gasteiger partial charge on any atom is -0.376 e. The van der Waals surface area contributed by atoms with Crippen molar-refractivity contribution < 1.29 is 0 Å². The summed E-state index contributed by atoms with van der Waals surface area (Å²) in [4.78, 5) is 0.221. The Morgan fingerprint density at radius 3 is 3.00 bits per heavy atom. The Bertz CT molecular complexity index is 210. The van der Waals surface area contributed by atoms with Gasteiger partial charge in [-0.2, -0.15) is 0 Å². The number of thioether (sulfide) groups is 1. The summed E-state index contributed by atoms with van der Waals surface area (Å²) in [6.45, 7) is 5.91. The Morgan fingerprint density at radius 2 is 2.38 bits per heavy atom. The van der Waals surface area contributed by atoms with E-state index in [1.54, 1.807) is 0 Å². The molecule has 0 amide bonds. The number of hydrogen-bond acceptors (Lipinski definition) is 2. The molecular formula is C11H17NS. The molecule has 1 rings (SSSR count). The van der Waals surface area contributed by atoms with Crippen molar-refractivity contribution >= 4 is 11.8 Å².